The van der Waals surface area contributed by atoms with Crippen LogP contribution in [0, 0.1) is 5.82 Å². The molecule has 1 aromatic carbocycles. The minimum Gasteiger partial charge on any atom is -0.495 e. The average molecular weight is 205 g/mol. The van der Waals surface area contributed by atoms with Gasteiger partial charge in [-0.1, -0.05) is 11.6 Å². The Kier molecular flexibility index (Phi) is 3.12. The number of benzene rings is 1. The van der Waals surface area contributed by atoms with Crippen molar-refractivity contribution in [1.82, 2.24) is 0 Å². The van der Waals surface area contributed by atoms with E-state index in [2.05, 4.69) is 0 Å². The van der Waals surface area contributed by atoms with Crippen LogP contribution in [0.4, 0.5) is 4.39 Å². The van der Waals surface area contributed by atoms with Crippen LogP contribution in [-0.4, -0.2) is 12.2 Å². The second-order valence-corrected chi connectivity index (χ2v) is 3.06. The average Bonchev–Trinajstić information content (AvgIpc) is 2.07. The van der Waals surface area contributed by atoms with E-state index in [0.29, 0.717) is 5.02 Å². The standard InChI is InChI=1S/C9H10ClFO2/c1-5(12)8-7(11)4-3-6(10)9(8)13-2/h3-5,12H,1-2H3. The third kappa shape index (κ3) is 1.92. The van der Waals surface area contributed by atoms with Crippen LogP contribution < -0.4 is 4.74 Å². The van der Waals surface area contributed by atoms with Gasteiger partial charge < -0.3 is 9.84 Å². The lowest BCUT2D eigenvalue weighted by atomic mass is 10.1. The molecule has 0 heterocycles. The van der Waals surface area contributed by atoms with Crippen molar-refractivity contribution in [1.29, 1.82) is 0 Å². The van der Waals surface area contributed by atoms with E-state index in [9.17, 15) is 9.50 Å². The van der Waals surface area contributed by atoms with Crippen LogP contribution in [0.1, 0.15) is 18.6 Å². The van der Waals surface area contributed by atoms with Crippen molar-refractivity contribution in [2.45, 2.75) is 13.0 Å². The first kappa shape index (κ1) is 10.3. The summed E-state index contributed by atoms with van der Waals surface area (Å²) in [5.41, 5.74) is 0.0926. The molecule has 0 amide bonds. The van der Waals surface area contributed by atoms with E-state index < -0.39 is 11.9 Å². The molecule has 1 N–H and O–H groups in total. The van der Waals surface area contributed by atoms with Gasteiger partial charge in [0.25, 0.3) is 0 Å². The second-order valence-electron chi connectivity index (χ2n) is 2.65. The van der Waals surface area contributed by atoms with Gasteiger partial charge in [-0.15, -0.1) is 0 Å². The maximum Gasteiger partial charge on any atom is 0.146 e. The van der Waals surface area contributed by atoms with Gasteiger partial charge in [-0.3, -0.25) is 0 Å². The number of halogens is 2. The molecule has 0 radical (unpaired) electrons. The van der Waals surface area contributed by atoms with E-state index in [1.165, 1.54) is 26.2 Å². The largest absolute Gasteiger partial charge is 0.495 e. The van der Waals surface area contributed by atoms with E-state index in [1.807, 2.05) is 0 Å². The van der Waals surface area contributed by atoms with Gasteiger partial charge in [0.1, 0.15) is 11.6 Å². The van der Waals surface area contributed by atoms with Crippen LogP contribution in [0.3, 0.4) is 0 Å². The van der Waals surface area contributed by atoms with Gasteiger partial charge in [-0.2, -0.15) is 0 Å². The Hall–Kier alpha value is -0.800. The van der Waals surface area contributed by atoms with E-state index in [4.69, 9.17) is 16.3 Å². The van der Waals surface area contributed by atoms with Crippen LogP contribution in [0.2, 0.25) is 5.02 Å². The van der Waals surface area contributed by atoms with Crippen molar-refractivity contribution < 1.29 is 14.2 Å². The van der Waals surface area contributed by atoms with Gasteiger partial charge in [0.05, 0.1) is 23.8 Å². The molecule has 0 fully saturated rings. The lowest BCUT2D eigenvalue weighted by Gasteiger charge is -2.12. The van der Waals surface area contributed by atoms with Crippen LogP contribution in [0.25, 0.3) is 0 Å². The molecule has 0 aromatic heterocycles. The summed E-state index contributed by atoms with van der Waals surface area (Å²) in [6, 6.07) is 2.59. The minimum absolute atomic E-state index is 0.0926. The first-order valence-electron chi connectivity index (χ1n) is 3.78. The van der Waals surface area contributed by atoms with Crippen molar-refractivity contribution in [2.75, 3.05) is 7.11 Å². The van der Waals surface area contributed by atoms with Gasteiger partial charge >= 0.3 is 0 Å². The fourth-order valence-corrected chi connectivity index (χ4v) is 1.39. The molecule has 1 atom stereocenters. The molecule has 1 aromatic rings. The molecule has 4 heteroatoms. The molecule has 1 unspecified atom stereocenters. The summed E-state index contributed by atoms with van der Waals surface area (Å²) >= 11 is 5.74. The number of aliphatic hydroxyl groups excluding tert-OH is 1. The van der Waals surface area contributed by atoms with Gasteiger partial charge in [-0.05, 0) is 19.1 Å². The predicted molar refractivity (Wildman–Crippen MR) is 48.6 cm³/mol. The molecule has 1 rings (SSSR count). The Balaban J connectivity index is 3.35. The Morgan fingerprint density at radius 1 is 1.54 bits per heavy atom. The summed E-state index contributed by atoms with van der Waals surface area (Å²) in [4.78, 5) is 0. The third-order valence-corrected chi connectivity index (χ3v) is 2.01. The number of aliphatic hydroxyl groups is 1. The monoisotopic (exact) mass is 204 g/mol. The smallest absolute Gasteiger partial charge is 0.146 e. The number of ether oxygens (including phenoxy) is 1. The van der Waals surface area contributed by atoms with Crippen molar-refractivity contribution >= 4 is 11.6 Å². The predicted octanol–water partition coefficient (Wildman–Crippen LogP) is 2.54. The molecule has 0 spiro atoms. The second kappa shape index (κ2) is 3.94. The SMILES string of the molecule is COc1c(Cl)ccc(F)c1C(C)O. The molecule has 0 saturated carbocycles. The molecular weight excluding hydrogens is 195 g/mol. The molecule has 13 heavy (non-hydrogen) atoms. The van der Waals surface area contributed by atoms with Crippen LogP contribution in [0.15, 0.2) is 12.1 Å². The lowest BCUT2D eigenvalue weighted by Crippen LogP contribution is -2.00. The quantitative estimate of drug-likeness (QED) is 0.802. The molecule has 0 saturated heterocycles. The van der Waals surface area contributed by atoms with Crippen molar-refractivity contribution in [3.63, 3.8) is 0 Å². The summed E-state index contributed by atoms with van der Waals surface area (Å²) in [6.45, 7) is 1.46. The van der Waals surface area contributed by atoms with Crippen LogP contribution >= 0.6 is 11.6 Å². The molecule has 0 bridgehead atoms. The highest BCUT2D eigenvalue weighted by Gasteiger charge is 2.17. The number of methoxy groups -OCH3 is 1. The number of hydrogen-bond donors (Lipinski definition) is 1. The first-order chi connectivity index (χ1) is 6.07. The van der Waals surface area contributed by atoms with Crippen molar-refractivity contribution in [2.24, 2.45) is 0 Å². The van der Waals surface area contributed by atoms with Gasteiger partial charge in [0.2, 0.25) is 0 Å². The molecule has 72 valence electrons. The fraction of sp³-hybridized carbons (Fsp3) is 0.333. The molecule has 2 nitrogen and oxygen atoms in total. The van der Waals surface area contributed by atoms with Gasteiger partial charge in [0.15, 0.2) is 0 Å². The van der Waals surface area contributed by atoms with E-state index in [0.717, 1.165) is 0 Å². The van der Waals surface area contributed by atoms with E-state index in [1.54, 1.807) is 0 Å². The maximum absolute atomic E-state index is 13.2. The normalized spacial score (nSPS) is 12.7. The zero-order chi connectivity index (χ0) is 10.0. The van der Waals surface area contributed by atoms with Gasteiger partial charge in [0, 0.05) is 0 Å². The summed E-state index contributed by atoms with van der Waals surface area (Å²) in [5, 5.41) is 9.55. The van der Waals surface area contributed by atoms with Crippen LogP contribution in [0.5, 0.6) is 5.75 Å². The summed E-state index contributed by atoms with van der Waals surface area (Å²) in [5.74, 6) is -0.326. The molecule has 0 aliphatic heterocycles. The minimum atomic E-state index is -0.936. The van der Waals surface area contributed by atoms with Crippen molar-refractivity contribution in [3.8, 4) is 5.75 Å². The summed E-state index contributed by atoms with van der Waals surface area (Å²) in [6.07, 6.45) is -0.936. The Morgan fingerprint density at radius 2 is 2.15 bits per heavy atom. The molecule has 0 aliphatic carbocycles. The van der Waals surface area contributed by atoms with Crippen molar-refractivity contribution in [3.05, 3.63) is 28.5 Å². The first-order valence-corrected chi connectivity index (χ1v) is 4.15. The Bertz CT molecular complexity index is 313. The maximum atomic E-state index is 13.2. The topological polar surface area (TPSA) is 29.5 Å². The van der Waals surface area contributed by atoms with E-state index in [-0.39, 0.29) is 11.3 Å². The highest BCUT2D eigenvalue weighted by atomic mass is 35.5. The highest BCUT2D eigenvalue weighted by molar-refractivity contribution is 6.32. The third-order valence-electron chi connectivity index (χ3n) is 1.72. The van der Waals surface area contributed by atoms with E-state index >= 15 is 0 Å². The zero-order valence-corrected chi connectivity index (χ0v) is 8.10. The van der Waals surface area contributed by atoms with Crippen LogP contribution in [-0.2, 0) is 0 Å². The van der Waals surface area contributed by atoms with Gasteiger partial charge in [-0.25, -0.2) is 4.39 Å². The summed E-state index contributed by atoms with van der Waals surface area (Å²) < 4.78 is 18.1. The zero-order valence-electron chi connectivity index (χ0n) is 7.34. The fourth-order valence-electron chi connectivity index (χ4n) is 1.15. The number of hydrogen-bond acceptors (Lipinski definition) is 2. The Morgan fingerprint density at radius 3 is 2.54 bits per heavy atom. The summed E-state index contributed by atoms with van der Waals surface area (Å²) in [7, 11) is 1.38. The Labute approximate surface area is 80.9 Å². The number of rotatable bonds is 2. The lowest BCUT2D eigenvalue weighted by molar-refractivity contribution is 0.189. The molecular formula is C9H10ClFO2. The highest BCUT2D eigenvalue weighted by Crippen LogP contribution is 2.34. The molecule has 0 aliphatic rings.